The molecule has 1 aliphatic rings. The molecular formula is C17H22N4O4. The molecule has 8 nitrogen and oxygen atoms in total. The fourth-order valence-corrected chi connectivity index (χ4v) is 2.48. The molecule has 2 rings (SSSR count). The molecule has 0 radical (unpaired) electrons. The van der Waals surface area contributed by atoms with Crippen molar-refractivity contribution in [2.45, 2.75) is 19.9 Å². The van der Waals surface area contributed by atoms with Crippen molar-refractivity contribution < 1.29 is 19.2 Å². The van der Waals surface area contributed by atoms with E-state index < -0.39 is 0 Å². The molecule has 1 heterocycles. The van der Waals surface area contributed by atoms with E-state index in [-0.39, 0.29) is 48.4 Å². The summed E-state index contributed by atoms with van der Waals surface area (Å²) in [6, 6.07) is 3.96. The number of carbonyl (C=O) groups is 4. The monoisotopic (exact) mass is 346 g/mol. The molecule has 134 valence electrons. The summed E-state index contributed by atoms with van der Waals surface area (Å²) in [5, 5.41) is 5.29. The highest BCUT2D eigenvalue weighted by molar-refractivity contribution is 6.22. The third-order valence-corrected chi connectivity index (χ3v) is 3.79. The zero-order chi connectivity index (χ0) is 18.7. The Hall–Kier alpha value is -2.90. The van der Waals surface area contributed by atoms with E-state index in [4.69, 9.17) is 0 Å². The van der Waals surface area contributed by atoms with Crippen LogP contribution in [0.1, 0.15) is 44.9 Å². The second kappa shape index (κ2) is 7.33. The van der Waals surface area contributed by atoms with Crippen LogP contribution in [0.5, 0.6) is 0 Å². The number of rotatable bonds is 5. The van der Waals surface area contributed by atoms with E-state index in [0.29, 0.717) is 11.1 Å². The highest BCUT2D eigenvalue weighted by Gasteiger charge is 2.37. The van der Waals surface area contributed by atoms with Gasteiger partial charge in [0.1, 0.15) is 0 Å². The lowest BCUT2D eigenvalue weighted by atomic mass is 10.1. The number of carbonyl (C=O) groups excluding carboxylic acids is 4. The lowest BCUT2D eigenvalue weighted by Gasteiger charge is -2.17. The number of amides is 5. The maximum absolute atomic E-state index is 12.3. The summed E-state index contributed by atoms with van der Waals surface area (Å²) in [5.41, 5.74) is 0.852. The largest absolute Gasteiger partial charge is 0.350 e. The van der Waals surface area contributed by atoms with Gasteiger partial charge < -0.3 is 15.5 Å². The van der Waals surface area contributed by atoms with Crippen molar-refractivity contribution >= 4 is 23.8 Å². The molecule has 0 bridgehead atoms. The Balaban J connectivity index is 2.01. The molecule has 8 heteroatoms. The molecule has 0 unspecified atom stereocenters. The van der Waals surface area contributed by atoms with E-state index in [1.165, 1.54) is 28.0 Å². The molecule has 1 aliphatic heterocycles. The normalized spacial score (nSPS) is 13.1. The Bertz CT molecular complexity index is 727. The standard InChI is InChI=1S/C17H22N4O4/c1-10(2)21-15(23)12-6-5-11(9-13(12)16(21)24)14(22)18-7-8-19-17(25)20(3)4/h5-6,9-10H,7-8H2,1-4H3,(H,18,22)(H,19,25). The van der Waals surface area contributed by atoms with Crippen LogP contribution in [0, 0.1) is 0 Å². The van der Waals surface area contributed by atoms with Gasteiger partial charge in [-0.1, -0.05) is 0 Å². The van der Waals surface area contributed by atoms with Crippen LogP contribution in [0.15, 0.2) is 18.2 Å². The summed E-state index contributed by atoms with van der Waals surface area (Å²) in [5.74, 6) is -1.10. The lowest BCUT2D eigenvalue weighted by Crippen LogP contribution is -2.39. The van der Waals surface area contributed by atoms with Crippen molar-refractivity contribution in [3.63, 3.8) is 0 Å². The van der Waals surface area contributed by atoms with Crippen molar-refractivity contribution in [2.24, 2.45) is 0 Å². The predicted octanol–water partition coefficient (Wildman–Crippen LogP) is 0.692. The Morgan fingerprint density at radius 2 is 1.64 bits per heavy atom. The summed E-state index contributed by atoms with van der Waals surface area (Å²) < 4.78 is 0. The van der Waals surface area contributed by atoms with Crippen LogP contribution in [0.4, 0.5) is 4.79 Å². The summed E-state index contributed by atoms with van der Waals surface area (Å²) in [6.45, 7) is 4.06. The lowest BCUT2D eigenvalue weighted by molar-refractivity contribution is 0.0609. The molecule has 0 saturated heterocycles. The van der Waals surface area contributed by atoms with E-state index in [0.717, 1.165) is 0 Å². The first-order valence-electron chi connectivity index (χ1n) is 7.99. The van der Waals surface area contributed by atoms with Crippen molar-refractivity contribution in [1.82, 2.24) is 20.4 Å². The van der Waals surface area contributed by atoms with Crippen LogP contribution in [0.25, 0.3) is 0 Å². The third kappa shape index (κ3) is 3.78. The van der Waals surface area contributed by atoms with Gasteiger partial charge in [0.05, 0.1) is 11.1 Å². The molecule has 1 aromatic carbocycles. The van der Waals surface area contributed by atoms with Crippen molar-refractivity contribution in [3.8, 4) is 0 Å². The van der Waals surface area contributed by atoms with Crippen molar-refractivity contribution in [2.75, 3.05) is 27.2 Å². The fourth-order valence-electron chi connectivity index (χ4n) is 2.48. The summed E-state index contributed by atoms with van der Waals surface area (Å²) >= 11 is 0. The van der Waals surface area contributed by atoms with Gasteiger partial charge >= 0.3 is 6.03 Å². The van der Waals surface area contributed by atoms with E-state index >= 15 is 0 Å². The van der Waals surface area contributed by atoms with Crippen LogP contribution >= 0.6 is 0 Å². The molecule has 5 amide bonds. The van der Waals surface area contributed by atoms with Crippen molar-refractivity contribution in [3.05, 3.63) is 34.9 Å². The molecule has 0 aliphatic carbocycles. The van der Waals surface area contributed by atoms with Gasteiger partial charge in [-0.3, -0.25) is 19.3 Å². The SMILES string of the molecule is CC(C)N1C(=O)c2ccc(C(=O)NCCNC(=O)N(C)C)cc2C1=O. The van der Waals surface area contributed by atoms with E-state index in [2.05, 4.69) is 10.6 Å². The zero-order valence-electron chi connectivity index (χ0n) is 14.8. The first-order chi connectivity index (χ1) is 11.7. The number of fused-ring (bicyclic) bond motifs is 1. The van der Waals surface area contributed by atoms with Crippen LogP contribution < -0.4 is 10.6 Å². The predicted molar refractivity (Wildman–Crippen MR) is 91.5 cm³/mol. The van der Waals surface area contributed by atoms with Gasteiger partial charge in [-0.25, -0.2) is 4.79 Å². The van der Waals surface area contributed by atoms with E-state index in [1.54, 1.807) is 27.9 Å². The molecule has 0 saturated carbocycles. The van der Waals surface area contributed by atoms with Gasteiger partial charge in [-0.15, -0.1) is 0 Å². The summed E-state index contributed by atoms with van der Waals surface area (Å²) in [4.78, 5) is 50.7. The highest BCUT2D eigenvalue weighted by Crippen LogP contribution is 2.25. The van der Waals surface area contributed by atoms with Gasteiger partial charge in [0, 0.05) is 38.8 Å². The van der Waals surface area contributed by atoms with E-state index in [9.17, 15) is 19.2 Å². The highest BCUT2D eigenvalue weighted by atomic mass is 16.2. The second-order valence-corrected chi connectivity index (χ2v) is 6.22. The molecule has 25 heavy (non-hydrogen) atoms. The maximum atomic E-state index is 12.3. The fraction of sp³-hybridized carbons (Fsp3) is 0.412. The minimum atomic E-state index is -0.386. The Kier molecular flexibility index (Phi) is 5.41. The number of benzene rings is 1. The molecule has 0 fully saturated rings. The number of imide groups is 1. The Labute approximate surface area is 146 Å². The van der Waals surface area contributed by atoms with E-state index in [1.807, 2.05) is 0 Å². The third-order valence-electron chi connectivity index (χ3n) is 3.79. The van der Waals surface area contributed by atoms with Crippen LogP contribution in [0.2, 0.25) is 0 Å². The number of hydrogen-bond acceptors (Lipinski definition) is 4. The van der Waals surface area contributed by atoms with Gasteiger partial charge in [0.15, 0.2) is 0 Å². The molecule has 0 atom stereocenters. The number of nitrogens with zero attached hydrogens (tertiary/aromatic N) is 2. The molecule has 1 aromatic rings. The minimum Gasteiger partial charge on any atom is -0.350 e. The first kappa shape index (κ1) is 18.4. The van der Waals surface area contributed by atoms with Crippen LogP contribution in [-0.2, 0) is 0 Å². The van der Waals surface area contributed by atoms with Gasteiger partial charge in [-0.05, 0) is 32.0 Å². The maximum Gasteiger partial charge on any atom is 0.316 e. The molecule has 2 N–H and O–H groups in total. The zero-order valence-corrected chi connectivity index (χ0v) is 14.8. The average molecular weight is 346 g/mol. The first-order valence-corrected chi connectivity index (χ1v) is 7.99. The Morgan fingerprint density at radius 3 is 2.24 bits per heavy atom. The summed E-state index contributed by atoms with van der Waals surface area (Å²) in [6.07, 6.45) is 0. The van der Waals surface area contributed by atoms with Gasteiger partial charge in [-0.2, -0.15) is 0 Å². The minimum absolute atomic E-state index is 0.243. The van der Waals surface area contributed by atoms with Gasteiger partial charge in [0.2, 0.25) is 0 Å². The van der Waals surface area contributed by atoms with Crippen LogP contribution in [0.3, 0.4) is 0 Å². The topological polar surface area (TPSA) is 98.8 Å². The summed E-state index contributed by atoms with van der Waals surface area (Å²) in [7, 11) is 3.24. The molecule has 0 spiro atoms. The Morgan fingerprint density at radius 1 is 1.04 bits per heavy atom. The average Bonchev–Trinajstić information content (AvgIpc) is 2.81. The van der Waals surface area contributed by atoms with Crippen LogP contribution in [-0.4, -0.2) is 66.8 Å². The number of hydrogen-bond donors (Lipinski definition) is 2. The number of urea groups is 1. The van der Waals surface area contributed by atoms with Gasteiger partial charge in [0.25, 0.3) is 17.7 Å². The second-order valence-electron chi connectivity index (χ2n) is 6.22. The quantitative estimate of drug-likeness (QED) is 0.605. The molecular weight excluding hydrogens is 324 g/mol. The smallest absolute Gasteiger partial charge is 0.316 e. The van der Waals surface area contributed by atoms with Crippen molar-refractivity contribution in [1.29, 1.82) is 0 Å². The number of nitrogens with one attached hydrogen (secondary N) is 2. The molecule has 0 aromatic heterocycles.